The lowest BCUT2D eigenvalue weighted by Gasteiger charge is -2.33. The maximum Gasteiger partial charge on any atom is 0.191 e. The predicted octanol–water partition coefficient (Wildman–Crippen LogP) is 1.05. The van der Waals surface area contributed by atoms with Crippen LogP contribution in [0.5, 0.6) is 0 Å². The smallest absolute Gasteiger partial charge is 0.191 e. The first kappa shape index (κ1) is 22.3. The van der Waals surface area contributed by atoms with Crippen molar-refractivity contribution < 1.29 is 9.84 Å². The lowest BCUT2D eigenvalue weighted by atomic mass is 10.1. The summed E-state index contributed by atoms with van der Waals surface area (Å²) >= 11 is 0. The molecule has 164 valence electrons. The van der Waals surface area contributed by atoms with Crippen LogP contribution in [0, 0.1) is 0 Å². The minimum Gasteiger partial charge on any atom is -0.387 e. The first-order valence-corrected chi connectivity index (χ1v) is 10.7. The van der Waals surface area contributed by atoms with E-state index < -0.39 is 5.60 Å². The number of hydrogen-bond acceptors (Lipinski definition) is 5. The second-order valence-electron chi connectivity index (χ2n) is 7.87. The molecule has 1 atom stereocenters. The number of guanidine groups is 1. The number of benzene rings is 1. The van der Waals surface area contributed by atoms with Gasteiger partial charge in [0.1, 0.15) is 0 Å². The summed E-state index contributed by atoms with van der Waals surface area (Å²) in [6.07, 6.45) is 4.59. The van der Waals surface area contributed by atoms with Gasteiger partial charge in [-0.15, -0.1) is 0 Å². The van der Waals surface area contributed by atoms with Gasteiger partial charge in [0.05, 0.1) is 31.0 Å². The molecule has 1 fully saturated rings. The minimum absolute atomic E-state index is 0.345. The van der Waals surface area contributed by atoms with Crippen molar-refractivity contribution in [3.63, 3.8) is 0 Å². The predicted molar refractivity (Wildman–Crippen MR) is 119 cm³/mol. The van der Waals surface area contributed by atoms with Crippen LogP contribution in [0.4, 0.5) is 0 Å². The fourth-order valence-electron chi connectivity index (χ4n) is 3.44. The third-order valence-corrected chi connectivity index (χ3v) is 5.00. The molecule has 1 aliphatic rings. The van der Waals surface area contributed by atoms with E-state index in [-0.39, 0.29) is 0 Å². The highest BCUT2D eigenvalue weighted by Gasteiger charge is 2.25. The number of morpholine rings is 1. The Bertz CT molecular complexity index is 767. The van der Waals surface area contributed by atoms with E-state index in [1.807, 2.05) is 30.8 Å². The Morgan fingerprint density at radius 1 is 1.23 bits per heavy atom. The van der Waals surface area contributed by atoms with Crippen LogP contribution >= 0.6 is 0 Å². The molecule has 2 heterocycles. The molecule has 0 amide bonds. The van der Waals surface area contributed by atoms with Gasteiger partial charge in [0.15, 0.2) is 5.96 Å². The molecule has 1 saturated heterocycles. The van der Waals surface area contributed by atoms with E-state index in [1.165, 1.54) is 5.56 Å². The number of aromatic nitrogens is 2. The fraction of sp³-hybridized carbons (Fsp3) is 0.545. The SMILES string of the molecule is CCNC(=NCC(C)(O)CN1CCOCC1)NCCc1ccc(-n2cccn2)cc1. The van der Waals surface area contributed by atoms with Gasteiger partial charge in [-0.2, -0.15) is 5.10 Å². The molecule has 3 N–H and O–H groups in total. The molecule has 1 aromatic heterocycles. The first-order chi connectivity index (χ1) is 14.6. The zero-order valence-corrected chi connectivity index (χ0v) is 18.0. The van der Waals surface area contributed by atoms with Crippen LogP contribution in [0.15, 0.2) is 47.7 Å². The summed E-state index contributed by atoms with van der Waals surface area (Å²) < 4.78 is 7.22. The van der Waals surface area contributed by atoms with Crippen molar-refractivity contribution in [2.75, 3.05) is 52.5 Å². The number of nitrogens with zero attached hydrogens (tertiary/aromatic N) is 4. The van der Waals surface area contributed by atoms with E-state index >= 15 is 0 Å². The molecule has 3 rings (SSSR count). The Kier molecular flexibility index (Phi) is 8.24. The van der Waals surface area contributed by atoms with Crippen LogP contribution in [0.3, 0.4) is 0 Å². The highest BCUT2D eigenvalue weighted by atomic mass is 16.5. The van der Waals surface area contributed by atoms with Crippen molar-refractivity contribution in [2.24, 2.45) is 4.99 Å². The van der Waals surface area contributed by atoms with E-state index in [0.29, 0.717) is 13.1 Å². The number of hydrogen-bond donors (Lipinski definition) is 3. The van der Waals surface area contributed by atoms with Crippen molar-refractivity contribution in [1.29, 1.82) is 0 Å². The zero-order chi connectivity index (χ0) is 21.2. The minimum atomic E-state index is -0.873. The van der Waals surface area contributed by atoms with Gasteiger partial charge in [-0.05, 0) is 44.0 Å². The Labute approximate surface area is 178 Å². The molecule has 1 aliphatic heterocycles. The molecule has 1 aromatic carbocycles. The highest BCUT2D eigenvalue weighted by molar-refractivity contribution is 5.79. The van der Waals surface area contributed by atoms with E-state index in [0.717, 1.165) is 57.5 Å². The topological polar surface area (TPSA) is 86.9 Å². The number of aliphatic imine (C=N–C) groups is 1. The molecule has 0 radical (unpaired) electrons. The van der Waals surface area contributed by atoms with Gasteiger partial charge in [-0.3, -0.25) is 9.89 Å². The standard InChI is InChI=1S/C22H34N6O2/c1-3-23-21(25-17-22(2,29)18-27-13-15-30-16-14-27)24-11-9-19-5-7-20(8-6-19)28-12-4-10-26-28/h4-8,10,12,29H,3,9,11,13-18H2,1-2H3,(H2,23,24,25). The number of ether oxygens (including phenoxy) is 1. The van der Waals surface area contributed by atoms with E-state index in [4.69, 9.17) is 4.74 Å². The van der Waals surface area contributed by atoms with Crippen LogP contribution < -0.4 is 10.6 Å². The molecule has 0 saturated carbocycles. The van der Waals surface area contributed by atoms with Crippen LogP contribution in [0.1, 0.15) is 19.4 Å². The molecule has 0 spiro atoms. The second-order valence-corrected chi connectivity index (χ2v) is 7.87. The van der Waals surface area contributed by atoms with Crippen molar-refractivity contribution >= 4 is 5.96 Å². The molecule has 2 aromatic rings. The van der Waals surface area contributed by atoms with Gasteiger partial charge in [0.25, 0.3) is 0 Å². The molecular weight excluding hydrogens is 380 g/mol. The van der Waals surface area contributed by atoms with E-state index in [9.17, 15) is 5.11 Å². The molecule has 0 bridgehead atoms. The summed E-state index contributed by atoms with van der Waals surface area (Å²) in [6, 6.07) is 10.3. The molecule has 1 unspecified atom stereocenters. The van der Waals surface area contributed by atoms with Gasteiger partial charge >= 0.3 is 0 Å². The van der Waals surface area contributed by atoms with Gasteiger partial charge in [0, 0.05) is 45.1 Å². The Morgan fingerprint density at radius 2 is 2.00 bits per heavy atom. The third kappa shape index (κ3) is 7.12. The molecular formula is C22H34N6O2. The third-order valence-electron chi connectivity index (χ3n) is 5.00. The van der Waals surface area contributed by atoms with Crippen molar-refractivity contribution in [2.45, 2.75) is 25.9 Å². The van der Waals surface area contributed by atoms with Crippen LogP contribution in [0.2, 0.25) is 0 Å². The molecule has 30 heavy (non-hydrogen) atoms. The van der Waals surface area contributed by atoms with Crippen LogP contribution in [0.25, 0.3) is 5.69 Å². The summed E-state index contributed by atoms with van der Waals surface area (Å²) in [7, 11) is 0. The number of rotatable bonds is 9. The zero-order valence-electron chi connectivity index (χ0n) is 18.0. The van der Waals surface area contributed by atoms with Gasteiger partial charge in [-0.1, -0.05) is 12.1 Å². The monoisotopic (exact) mass is 414 g/mol. The summed E-state index contributed by atoms with van der Waals surface area (Å²) in [5.74, 6) is 0.730. The number of β-amino-alcohol motifs (C(OH)–C–C–N with tert-alkyl or cyclic N) is 1. The van der Waals surface area contributed by atoms with Gasteiger partial charge < -0.3 is 20.5 Å². The van der Waals surface area contributed by atoms with Crippen molar-refractivity contribution in [3.8, 4) is 5.69 Å². The summed E-state index contributed by atoms with van der Waals surface area (Å²) in [6.45, 7) is 9.54. The summed E-state index contributed by atoms with van der Waals surface area (Å²) in [5.41, 5.74) is 1.42. The number of aliphatic hydroxyl groups is 1. The maximum absolute atomic E-state index is 10.7. The van der Waals surface area contributed by atoms with E-state index in [1.54, 1.807) is 6.20 Å². The Balaban J connectivity index is 1.47. The Morgan fingerprint density at radius 3 is 2.67 bits per heavy atom. The highest BCUT2D eigenvalue weighted by Crippen LogP contribution is 2.10. The largest absolute Gasteiger partial charge is 0.387 e. The lowest BCUT2D eigenvalue weighted by Crippen LogP contribution is -2.48. The second kappa shape index (κ2) is 11.1. The van der Waals surface area contributed by atoms with Crippen LogP contribution in [-0.2, 0) is 11.2 Å². The lowest BCUT2D eigenvalue weighted by molar-refractivity contribution is -0.0179. The summed E-state index contributed by atoms with van der Waals surface area (Å²) in [4.78, 5) is 6.83. The van der Waals surface area contributed by atoms with E-state index in [2.05, 4.69) is 49.9 Å². The molecule has 8 nitrogen and oxygen atoms in total. The first-order valence-electron chi connectivity index (χ1n) is 10.7. The average Bonchev–Trinajstić information content (AvgIpc) is 3.28. The van der Waals surface area contributed by atoms with Crippen molar-refractivity contribution in [1.82, 2.24) is 25.3 Å². The normalized spacial score (nSPS) is 17.5. The Hall–Kier alpha value is -2.42. The maximum atomic E-state index is 10.7. The van der Waals surface area contributed by atoms with Gasteiger partial charge in [-0.25, -0.2) is 4.68 Å². The molecule has 0 aliphatic carbocycles. The quantitative estimate of drug-likeness (QED) is 0.420. The molecule has 8 heteroatoms. The van der Waals surface area contributed by atoms with Gasteiger partial charge in [0.2, 0.25) is 0 Å². The van der Waals surface area contributed by atoms with Crippen LogP contribution in [-0.4, -0.2) is 83.8 Å². The average molecular weight is 415 g/mol. The summed E-state index contributed by atoms with van der Waals surface area (Å²) in [5, 5.41) is 21.6. The number of nitrogens with one attached hydrogen (secondary N) is 2. The van der Waals surface area contributed by atoms with Crippen molar-refractivity contribution in [3.05, 3.63) is 48.3 Å². The fourth-order valence-corrected chi connectivity index (χ4v) is 3.44.